The number of nitrogens with zero attached hydrogens (tertiary/aromatic N) is 1. The number of nitrogens with one attached hydrogen (secondary N) is 1. The molecule has 0 fully saturated rings. The van der Waals surface area contributed by atoms with Crippen molar-refractivity contribution < 1.29 is 9.18 Å². The number of anilines is 1. The molecular formula is C23H17FN2OS. The molecule has 28 heavy (non-hydrogen) atoms. The molecule has 3 nitrogen and oxygen atoms in total. The third-order valence-corrected chi connectivity index (χ3v) is 5.07. The zero-order valence-electron chi connectivity index (χ0n) is 14.9. The minimum atomic E-state index is -0.286. The van der Waals surface area contributed by atoms with Gasteiger partial charge in [-0.2, -0.15) is 0 Å². The first-order valence-corrected chi connectivity index (χ1v) is 9.71. The van der Waals surface area contributed by atoms with E-state index < -0.39 is 0 Å². The van der Waals surface area contributed by atoms with Crippen molar-refractivity contribution in [3.05, 3.63) is 95.6 Å². The van der Waals surface area contributed by atoms with Gasteiger partial charge in [-0.3, -0.25) is 4.79 Å². The number of amides is 1. The second-order valence-corrected chi connectivity index (χ2v) is 7.19. The Balaban J connectivity index is 1.39. The molecule has 0 aliphatic carbocycles. The fourth-order valence-corrected chi connectivity index (χ4v) is 3.61. The molecule has 4 rings (SSSR count). The third kappa shape index (κ3) is 4.32. The molecule has 5 heteroatoms. The van der Waals surface area contributed by atoms with Gasteiger partial charge in [-0.25, -0.2) is 9.37 Å². The van der Waals surface area contributed by atoms with Crippen LogP contribution in [0, 0.1) is 5.82 Å². The summed E-state index contributed by atoms with van der Waals surface area (Å²) in [4.78, 5) is 16.7. The van der Waals surface area contributed by atoms with E-state index in [1.54, 1.807) is 12.1 Å². The summed E-state index contributed by atoms with van der Waals surface area (Å²) in [7, 11) is 0. The summed E-state index contributed by atoms with van der Waals surface area (Å²) < 4.78 is 13.0. The number of hydrogen-bond acceptors (Lipinski definition) is 3. The summed E-state index contributed by atoms with van der Waals surface area (Å²) in [5.41, 5.74) is 4.73. The highest BCUT2D eigenvalue weighted by atomic mass is 32.1. The minimum absolute atomic E-state index is 0.118. The second kappa shape index (κ2) is 8.15. The lowest BCUT2D eigenvalue weighted by atomic mass is 10.0. The number of carbonyl (C=O) groups is 1. The predicted octanol–water partition coefficient (Wildman–Crippen LogP) is 5.80. The van der Waals surface area contributed by atoms with Crippen LogP contribution in [-0.4, -0.2) is 10.9 Å². The van der Waals surface area contributed by atoms with Gasteiger partial charge in [-0.05, 0) is 41.0 Å². The van der Waals surface area contributed by atoms with Crippen LogP contribution in [0.4, 0.5) is 9.52 Å². The molecule has 0 unspecified atom stereocenters. The van der Waals surface area contributed by atoms with Crippen LogP contribution in [0.3, 0.4) is 0 Å². The van der Waals surface area contributed by atoms with Gasteiger partial charge in [0.25, 0.3) is 0 Å². The Morgan fingerprint density at radius 2 is 1.50 bits per heavy atom. The van der Waals surface area contributed by atoms with Crippen LogP contribution < -0.4 is 5.32 Å². The molecule has 1 N–H and O–H groups in total. The average molecular weight is 388 g/mol. The van der Waals surface area contributed by atoms with Gasteiger partial charge in [-0.1, -0.05) is 54.6 Å². The molecule has 0 saturated heterocycles. The molecule has 1 amide bonds. The van der Waals surface area contributed by atoms with Crippen LogP contribution in [0.5, 0.6) is 0 Å². The Hall–Kier alpha value is -3.31. The van der Waals surface area contributed by atoms with Crippen LogP contribution >= 0.6 is 11.3 Å². The molecule has 0 saturated carbocycles. The molecule has 0 aliphatic rings. The number of carbonyl (C=O) groups excluding carboxylic acids is 1. The number of benzene rings is 3. The molecule has 3 aromatic carbocycles. The topological polar surface area (TPSA) is 42.0 Å². The third-order valence-electron chi connectivity index (χ3n) is 4.32. The van der Waals surface area contributed by atoms with E-state index in [2.05, 4.69) is 22.4 Å². The molecule has 0 radical (unpaired) electrons. The predicted molar refractivity (Wildman–Crippen MR) is 112 cm³/mol. The summed E-state index contributed by atoms with van der Waals surface area (Å²) in [6.07, 6.45) is 0.278. The van der Waals surface area contributed by atoms with Crippen molar-refractivity contribution in [2.75, 3.05) is 5.32 Å². The van der Waals surface area contributed by atoms with E-state index in [1.165, 1.54) is 23.5 Å². The van der Waals surface area contributed by atoms with Gasteiger partial charge in [0.05, 0.1) is 12.1 Å². The SMILES string of the molecule is O=C(Cc1ccc(-c2ccccc2)cc1)Nc1nc(-c2ccc(F)cc2)cs1. The van der Waals surface area contributed by atoms with Crippen LogP contribution in [0.25, 0.3) is 22.4 Å². The fraction of sp³-hybridized carbons (Fsp3) is 0.0435. The average Bonchev–Trinajstić information content (AvgIpc) is 3.18. The van der Waals surface area contributed by atoms with Gasteiger partial charge in [0.2, 0.25) is 5.91 Å². The van der Waals surface area contributed by atoms with Gasteiger partial charge in [-0.15, -0.1) is 11.3 Å². The quantitative estimate of drug-likeness (QED) is 0.470. The highest BCUT2D eigenvalue weighted by Crippen LogP contribution is 2.25. The second-order valence-electron chi connectivity index (χ2n) is 6.33. The Bertz CT molecular complexity index is 1070. The largest absolute Gasteiger partial charge is 0.302 e. The van der Waals surface area contributed by atoms with Crippen molar-refractivity contribution in [3.8, 4) is 22.4 Å². The van der Waals surface area contributed by atoms with Crippen LogP contribution in [-0.2, 0) is 11.2 Å². The van der Waals surface area contributed by atoms with E-state index in [-0.39, 0.29) is 18.1 Å². The van der Waals surface area contributed by atoms with Gasteiger partial charge in [0, 0.05) is 10.9 Å². The number of halogens is 1. The Morgan fingerprint density at radius 3 is 2.21 bits per heavy atom. The molecular weight excluding hydrogens is 371 g/mol. The molecule has 1 heterocycles. The Kier molecular flexibility index (Phi) is 5.26. The monoisotopic (exact) mass is 388 g/mol. The highest BCUT2D eigenvalue weighted by Gasteiger charge is 2.09. The molecule has 138 valence electrons. The minimum Gasteiger partial charge on any atom is -0.302 e. The zero-order valence-corrected chi connectivity index (χ0v) is 15.7. The molecule has 4 aromatic rings. The number of hydrogen-bond donors (Lipinski definition) is 1. The lowest BCUT2D eigenvalue weighted by Gasteiger charge is -2.05. The summed E-state index contributed by atoms with van der Waals surface area (Å²) >= 11 is 1.35. The number of aromatic nitrogens is 1. The number of rotatable bonds is 5. The molecule has 0 spiro atoms. The first kappa shape index (κ1) is 18.1. The summed E-state index contributed by atoms with van der Waals surface area (Å²) in [5, 5.41) is 5.21. The maximum atomic E-state index is 13.0. The van der Waals surface area contributed by atoms with Crippen molar-refractivity contribution in [2.24, 2.45) is 0 Å². The smallest absolute Gasteiger partial charge is 0.230 e. The number of thiazole rings is 1. The summed E-state index contributed by atoms with van der Waals surface area (Å²) in [6.45, 7) is 0. The molecule has 0 bridgehead atoms. The van der Waals surface area contributed by atoms with Gasteiger partial charge in [0.1, 0.15) is 5.82 Å². The normalized spacial score (nSPS) is 10.6. The van der Waals surface area contributed by atoms with E-state index in [0.717, 1.165) is 22.3 Å². The lowest BCUT2D eigenvalue weighted by molar-refractivity contribution is -0.115. The summed E-state index contributed by atoms with van der Waals surface area (Å²) in [6, 6.07) is 24.2. The van der Waals surface area contributed by atoms with Gasteiger partial charge >= 0.3 is 0 Å². The molecule has 1 aromatic heterocycles. The van der Waals surface area contributed by atoms with Gasteiger partial charge in [0.15, 0.2) is 5.13 Å². The van der Waals surface area contributed by atoms with Crippen molar-refractivity contribution in [1.29, 1.82) is 0 Å². The molecule has 0 aliphatic heterocycles. The zero-order chi connectivity index (χ0) is 19.3. The fourth-order valence-electron chi connectivity index (χ4n) is 2.88. The van der Waals surface area contributed by atoms with Crippen LogP contribution in [0.2, 0.25) is 0 Å². The Morgan fingerprint density at radius 1 is 0.857 bits per heavy atom. The van der Waals surface area contributed by atoms with E-state index in [1.807, 2.05) is 47.8 Å². The first-order chi connectivity index (χ1) is 13.7. The maximum Gasteiger partial charge on any atom is 0.230 e. The summed E-state index contributed by atoms with van der Waals surface area (Å²) in [5.74, 6) is -0.404. The van der Waals surface area contributed by atoms with Crippen LogP contribution in [0.1, 0.15) is 5.56 Å². The lowest BCUT2D eigenvalue weighted by Crippen LogP contribution is -2.14. The highest BCUT2D eigenvalue weighted by molar-refractivity contribution is 7.14. The van der Waals surface area contributed by atoms with Crippen molar-refractivity contribution >= 4 is 22.4 Å². The van der Waals surface area contributed by atoms with Crippen molar-refractivity contribution in [3.63, 3.8) is 0 Å². The van der Waals surface area contributed by atoms with Crippen LogP contribution in [0.15, 0.2) is 84.2 Å². The van der Waals surface area contributed by atoms with E-state index >= 15 is 0 Å². The van der Waals surface area contributed by atoms with E-state index in [0.29, 0.717) is 10.8 Å². The van der Waals surface area contributed by atoms with Gasteiger partial charge < -0.3 is 5.32 Å². The van der Waals surface area contributed by atoms with Crippen molar-refractivity contribution in [2.45, 2.75) is 6.42 Å². The van der Waals surface area contributed by atoms with Crippen molar-refractivity contribution in [1.82, 2.24) is 4.98 Å². The standard InChI is InChI=1S/C23H17FN2OS/c24-20-12-10-19(11-13-20)21-15-28-23(25-21)26-22(27)14-16-6-8-18(9-7-16)17-4-2-1-3-5-17/h1-13,15H,14H2,(H,25,26,27). The molecule has 0 atom stereocenters. The van der Waals surface area contributed by atoms with E-state index in [4.69, 9.17) is 0 Å². The van der Waals surface area contributed by atoms with E-state index in [9.17, 15) is 9.18 Å². The maximum absolute atomic E-state index is 13.0. The first-order valence-electron chi connectivity index (χ1n) is 8.83. The Labute approximate surface area is 166 Å².